The molecular formula is C31H29N7O2S. The SMILES string of the molecule is O=C(OC1CN[C@@H](C#Cc2cc3ncnc(Nc4ccc5c(cnn5Cc5ccccc5)c4)c3s2)C1)N1CCCC1. The Balaban J connectivity index is 1.03. The molecule has 2 saturated heterocycles. The first-order valence-electron chi connectivity index (χ1n) is 13.9. The largest absolute Gasteiger partial charge is 0.445 e. The van der Waals surface area contributed by atoms with Crippen molar-refractivity contribution in [3.05, 3.63) is 77.6 Å². The lowest BCUT2D eigenvalue weighted by Crippen LogP contribution is -2.32. The summed E-state index contributed by atoms with van der Waals surface area (Å²) in [4.78, 5) is 24.0. The maximum Gasteiger partial charge on any atom is 0.410 e. The minimum atomic E-state index is -0.203. The van der Waals surface area contributed by atoms with Gasteiger partial charge in [0.25, 0.3) is 0 Å². The highest BCUT2D eigenvalue weighted by Crippen LogP contribution is 2.31. The number of nitrogens with zero attached hydrogens (tertiary/aromatic N) is 5. The van der Waals surface area contributed by atoms with Crippen LogP contribution in [0, 0.1) is 11.8 Å². The maximum absolute atomic E-state index is 12.3. The van der Waals surface area contributed by atoms with Crippen LogP contribution in [0.1, 0.15) is 29.7 Å². The highest BCUT2D eigenvalue weighted by Gasteiger charge is 2.28. The molecule has 206 valence electrons. The summed E-state index contributed by atoms with van der Waals surface area (Å²) in [5.74, 6) is 7.35. The Hall–Kier alpha value is -4.46. The molecule has 0 radical (unpaired) electrons. The minimum absolute atomic E-state index is 0.0187. The number of carbonyl (C=O) groups is 1. The second-order valence-corrected chi connectivity index (χ2v) is 11.5. The van der Waals surface area contributed by atoms with Crippen LogP contribution in [0.4, 0.5) is 16.3 Å². The Bertz CT molecular complexity index is 1770. The van der Waals surface area contributed by atoms with E-state index >= 15 is 0 Å². The molecule has 0 aliphatic carbocycles. The number of carbonyl (C=O) groups excluding carboxylic acids is 1. The molecule has 5 heterocycles. The highest BCUT2D eigenvalue weighted by molar-refractivity contribution is 7.20. The van der Waals surface area contributed by atoms with Gasteiger partial charge in [-0.15, -0.1) is 11.3 Å². The van der Waals surface area contributed by atoms with E-state index in [9.17, 15) is 4.79 Å². The van der Waals surface area contributed by atoms with Crippen molar-refractivity contribution in [1.29, 1.82) is 0 Å². The van der Waals surface area contributed by atoms with Gasteiger partial charge in [0.15, 0.2) is 5.82 Å². The van der Waals surface area contributed by atoms with E-state index in [2.05, 4.69) is 61.8 Å². The van der Waals surface area contributed by atoms with Crippen LogP contribution in [-0.2, 0) is 11.3 Å². The fraction of sp³-hybridized carbons (Fsp3) is 0.290. The van der Waals surface area contributed by atoms with Crippen LogP contribution >= 0.6 is 11.3 Å². The summed E-state index contributed by atoms with van der Waals surface area (Å²) >= 11 is 1.57. The summed E-state index contributed by atoms with van der Waals surface area (Å²) < 4.78 is 8.65. The van der Waals surface area contributed by atoms with Crippen LogP contribution in [0.5, 0.6) is 0 Å². The van der Waals surface area contributed by atoms with Gasteiger partial charge in [0.05, 0.1) is 39.4 Å². The van der Waals surface area contributed by atoms with Gasteiger partial charge in [-0.2, -0.15) is 5.10 Å². The molecule has 5 aromatic rings. The van der Waals surface area contributed by atoms with Crippen LogP contribution in [0.25, 0.3) is 21.1 Å². The van der Waals surface area contributed by atoms with E-state index in [1.807, 2.05) is 41.2 Å². The van der Waals surface area contributed by atoms with Gasteiger partial charge in [-0.3, -0.25) is 10.00 Å². The molecular weight excluding hydrogens is 534 g/mol. The zero-order valence-corrected chi connectivity index (χ0v) is 23.2. The lowest BCUT2D eigenvalue weighted by molar-refractivity contribution is 0.0763. The number of likely N-dealkylation sites (tertiary alicyclic amines) is 1. The summed E-state index contributed by atoms with van der Waals surface area (Å²) in [6.45, 7) is 2.94. The number of rotatable bonds is 5. The van der Waals surface area contributed by atoms with E-state index in [1.165, 1.54) is 5.56 Å². The zero-order valence-electron chi connectivity index (χ0n) is 22.4. The number of fused-ring (bicyclic) bond motifs is 2. The second kappa shape index (κ2) is 11.2. The summed E-state index contributed by atoms with van der Waals surface area (Å²) in [5, 5.41) is 12.5. The van der Waals surface area contributed by atoms with Gasteiger partial charge in [-0.05, 0) is 42.7 Å². The third-order valence-electron chi connectivity index (χ3n) is 7.48. The first kappa shape index (κ1) is 25.5. The molecule has 0 spiro atoms. The van der Waals surface area contributed by atoms with Gasteiger partial charge in [-0.25, -0.2) is 14.8 Å². The van der Waals surface area contributed by atoms with Crippen molar-refractivity contribution in [2.24, 2.45) is 0 Å². The Labute approximate surface area is 241 Å². The normalized spacial score (nSPS) is 18.5. The number of hydrogen-bond acceptors (Lipinski definition) is 8. The maximum atomic E-state index is 12.3. The monoisotopic (exact) mass is 563 g/mol. The molecule has 2 aliphatic rings. The minimum Gasteiger partial charge on any atom is -0.445 e. The number of amides is 1. The summed E-state index contributed by atoms with van der Waals surface area (Å²) in [6, 6.07) is 18.5. The fourth-order valence-corrected chi connectivity index (χ4v) is 6.28. The van der Waals surface area contributed by atoms with Crippen LogP contribution in [0.2, 0.25) is 0 Å². The van der Waals surface area contributed by atoms with Crippen LogP contribution in [-0.4, -0.2) is 62.5 Å². The van der Waals surface area contributed by atoms with Crippen molar-refractivity contribution in [2.75, 3.05) is 25.0 Å². The molecule has 2 N–H and O–H groups in total. The Morgan fingerprint density at radius 2 is 2.00 bits per heavy atom. The van der Waals surface area contributed by atoms with Gasteiger partial charge >= 0.3 is 6.09 Å². The first-order valence-corrected chi connectivity index (χ1v) is 14.7. The van der Waals surface area contributed by atoms with Gasteiger partial charge < -0.3 is 15.0 Å². The molecule has 9 nitrogen and oxygen atoms in total. The van der Waals surface area contributed by atoms with Gasteiger partial charge in [0.2, 0.25) is 0 Å². The lowest BCUT2D eigenvalue weighted by atomic mass is 10.2. The Morgan fingerprint density at radius 3 is 2.88 bits per heavy atom. The van der Waals surface area contributed by atoms with Crippen LogP contribution in [0.3, 0.4) is 0 Å². The number of hydrogen-bond donors (Lipinski definition) is 2. The molecule has 41 heavy (non-hydrogen) atoms. The van der Waals surface area contributed by atoms with Crippen LogP contribution < -0.4 is 10.6 Å². The molecule has 2 fully saturated rings. The van der Waals surface area contributed by atoms with E-state index in [4.69, 9.17) is 4.74 Å². The molecule has 7 rings (SSSR count). The molecule has 2 aliphatic heterocycles. The second-order valence-electron chi connectivity index (χ2n) is 10.4. The average molecular weight is 564 g/mol. The third-order valence-corrected chi connectivity index (χ3v) is 8.53. The van der Waals surface area contributed by atoms with Crippen molar-refractivity contribution in [1.82, 2.24) is 30.0 Å². The predicted octanol–water partition coefficient (Wildman–Crippen LogP) is 5.15. The number of ether oxygens (including phenoxy) is 1. The molecule has 10 heteroatoms. The van der Waals surface area contributed by atoms with Gasteiger partial charge in [0.1, 0.15) is 12.4 Å². The van der Waals surface area contributed by atoms with E-state index in [1.54, 1.807) is 22.6 Å². The molecule has 1 unspecified atom stereocenters. The Morgan fingerprint density at radius 1 is 1.12 bits per heavy atom. The number of benzene rings is 2. The van der Waals surface area contributed by atoms with E-state index in [0.29, 0.717) is 13.0 Å². The summed E-state index contributed by atoms with van der Waals surface area (Å²) in [5.41, 5.74) is 4.08. The molecule has 2 aromatic carbocycles. The van der Waals surface area contributed by atoms with Crippen molar-refractivity contribution in [2.45, 2.75) is 38.0 Å². The highest BCUT2D eigenvalue weighted by atomic mass is 32.1. The van der Waals surface area contributed by atoms with Crippen molar-refractivity contribution < 1.29 is 9.53 Å². The summed E-state index contributed by atoms with van der Waals surface area (Å²) in [7, 11) is 0. The predicted molar refractivity (Wildman–Crippen MR) is 160 cm³/mol. The molecule has 3 aromatic heterocycles. The van der Waals surface area contributed by atoms with Crippen molar-refractivity contribution >= 4 is 50.1 Å². The molecule has 0 bridgehead atoms. The lowest BCUT2D eigenvalue weighted by Gasteiger charge is -2.18. The van der Waals surface area contributed by atoms with E-state index < -0.39 is 0 Å². The quantitative estimate of drug-likeness (QED) is 0.286. The number of anilines is 2. The summed E-state index contributed by atoms with van der Waals surface area (Å²) in [6.07, 6.45) is 5.92. The topological polar surface area (TPSA) is 97.2 Å². The number of nitrogens with one attached hydrogen (secondary N) is 2. The van der Waals surface area contributed by atoms with Gasteiger partial charge in [0, 0.05) is 37.1 Å². The van der Waals surface area contributed by atoms with Gasteiger partial charge in [-0.1, -0.05) is 42.2 Å². The Kier molecular flexibility index (Phi) is 6.96. The van der Waals surface area contributed by atoms with Crippen molar-refractivity contribution in [3.63, 3.8) is 0 Å². The smallest absolute Gasteiger partial charge is 0.410 e. The third kappa shape index (κ3) is 5.59. The number of thiophene rings is 1. The number of aromatic nitrogens is 4. The zero-order chi connectivity index (χ0) is 27.6. The molecule has 0 saturated carbocycles. The van der Waals surface area contributed by atoms with E-state index in [0.717, 1.165) is 70.0 Å². The molecule has 1 amide bonds. The average Bonchev–Trinajstić information content (AvgIpc) is 3.80. The van der Waals surface area contributed by atoms with Crippen molar-refractivity contribution in [3.8, 4) is 11.8 Å². The standard InChI is InChI=1S/C31H29N7O2S/c39-31(37-12-4-5-13-37)40-25-15-23(32-18-25)8-10-26-16-27-29(41-26)30(34-20-33-27)36-24-9-11-28-22(14-24)17-35-38(28)19-21-6-2-1-3-7-21/h1-3,6-7,9,11,14,16-17,20,23,25,32H,4-5,12-13,15,18-19H2,(H,33,34,36)/t23-,25?/m0/s1. The molecule has 2 atom stereocenters. The first-order chi connectivity index (χ1) is 20.2. The van der Waals surface area contributed by atoms with E-state index in [-0.39, 0.29) is 18.2 Å². The van der Waals surface area contributed by atoms with Crippen LogP contribution in [0.15, 0.2) is 67.1 Å². The fourth-order valence-electron chi connectivity index (χ4n) is 5.37.